The predicted octanol–water partition coefficient (Wildman–Crippen LogP) is 1.10. The number of halogens is 1. The SMILES string of the molecule is CC1(CCI)OCC(=O)O1. The van der Waals surface area contributed by atoms with Gasteiger partial charge in [-0.15, -0.1) is 0 Å². The van der Waals surface area contributed by atoms with Crippen molar-refractivity contribution in [3.05, 3.63) is 0 Å². The van der Waals surface area contributed by atoms with Crippen LogP contribution in [0.15, 0.2) is 0 Å². The summed E-state index contributed by atoms with van der Waals surface area (Å²) in [5, 5.41) is 0. The van der Waals surface area contributed by atoms with Crippen LogP contribution in [-0.4, -0.2) is 22.8 Å². The number of esters is 1. The first-order valence-electron chi connectivity index (χ1n) is 3.08. The Morgan fingerprint density at radius 2 is 2.50 bits per heavy atom. The molecule has 0 aliphatic carbocycles. The van der Waals surface area contributed by atoms with Gasteiger partial charge in [0.15, 0.2) is 0 Å². The van der Waals surface area contributed by atoms with Gasteiger partial charge in [-0.25, -0.2) is 4.79 Å². The summed E-state index contributed by atoms with van der Waals surface area (Å²) in [7, 11) is 0. The van der Waals surface area contributed by atoms with Crippen LogP contribution in [0.1, 0.15) is 13.3 Å². The third-order valence-corrected chi connectivity index (χ3v) is 1.91. The largest absolute Gasteiger partial charge is 0.432 e. The molecule has 3 nitrogen and oxygen atoms in total. The molecule has 1 saturated heterocycles. The van der Waals surface area contributed by atoms with E-state index in [9.17, 15) is 4.79 Å². The van der Waals surface area contributed by atoms with Crippen LogP contribution in [0.3, 0.4) is 0 Å². The molecule has 0 bridgehead atoms. The van der Waals surface area contributed by atoms with Crippen molar-refractivity contribution in [2.45, 2.75) is 19.1 Å². The third kappa shape index (κ3) is 1.82. The molecule has 0 aromatic rings. The van der Waals surface area contributed by atoms with Crippen LogP contribution in [0, 0.1) is 0 Å². The van der Waals surface area contributed by atoms with Gasteiger partial charge in [0.2, 0.25) is 5.79 Å². The van der Waals surface area contributed by atoms with Gasteiger partial charge in [-0.3, -0.25) is 0 Å². The van der Waals surface area contributed by atoms with Crippen molar-refractivity contribution in [2.24, 2.45) is 0 Å². The second kappa shape index (κ2) is 3.04. The van der Waals surface area contributed by atoms with Crippen LogP contribution in [-0.2, 0) is 14.3 Å². The van der Waals surface area contributed by atoms with Gasteiger partial charge < -0.3 is 9.47 Å². The maximum absolute atomic E-state index is 10.6. The van der Waals surface area contributed by atoms with Crippen LogP contribution in [0.2, 0.25) is 0 Å². The van der Waals surface area contributed by atoms with Crippen molar-refractivity contribution in [2.75, 3.05) is 11.0 Å². The first-order valence-corrected chi connectivity index (χ1v) is 4.61. The van der Waals surface area contributed by atoms with E-state index in [1.54, 1.807) is 6.92 Å². The highest BCUT2D eigenvalue weighted by Crippen LogP contribution is 2.23. The van der Waals surface area contributed by atoms with E-state index in [1.807, 2.05) is 0 Å². The van der Waals surface area contributed by atoms with E-state index in [4.69, 9.17) is 9.47 Å². The van der Waals surface area contributed by atoms with Crippen LogP contribution in [0.5, 0.6) is 0 Å². The Bertz CT molecular complexity index is 148. The lowest BCUT2D eigenvalue weighted by Gasteiger charge is -2.19. The molecule has 0 N–H and O–H groups in total. The average Bonchev–Trinajstić information content (AvgIpc) is 2.12. The lowest BCUT2D eigenvalue weighted by Crippen LogP contribution is -2.26. The number of rotatable bonds is 2. The highest BCUT2D eigenvalue weighted by atomic mass is 127. The van der Waals surface area contributed by atoms with E-state index >= 15 is 0 Å². The number of ether oxygens (including phenoxy) is 2. The van der Waals surface area contributed by atoms with Gasteiger partial charge in [0, 0.05) is 17.8 Å². The van der Waals surface area contributed by atoms with Crippen molar-refractivity contribution >= 4 is 28.6 Å². The molecule has 4 heteroatoms. The Morgan fingerprint density at radius 1 is 1.80 bits per heavy atom. The number of carbonyl (C=O) groups excluding carboxylic acids is 1. The summed E-state index contributed by atoms with van der Waals surface area (Å²) in [5.41, 5.74) is 0. The van der Waals surface area contributed by atoms with Crippen molar-refractivity contribution in [3.63, 3.8) is 0 Å². The lowest BCUT2D eigenvalue weighted by molar-refractivity contribution is -0.166. The fraction of sp³-hybridized carbons (Fsp3) is 0.833. The first kappa shape index (κ1) is 8.26. The van der Waals surface area contributed by atoms with E-state index < -0.39 is 5.79 Å². The molecule has 1 unspecified atom stereocenters. The van der Waals surface area contributed by atoms with Gasteiger partial charge in [0.1, 0.15) is 6.61 Å². The van der Waals surface area contributed by atoms with Crippen LogP contribution in [0.4, 0.5) is 0 Å². The highest BCUT2D eigenvalue weighted by molar-refractivity contribution is 14.1. The molecule has 1 rings (SSSR count). The average molecular weight is 256 g/mol. The Kier molecular flexibility index (Phi) is 2.51. The summed E-state index contributed by atoms with van der Waals surface area (Å²) in [6.07, 6.45) is 0.763. The maximum Gasteiger partial charge on any atom is 0.334 e. The normalized spacial score (nSPS) is 32.4. The third-order valence-electron chi connectivity index (χ3n) is 1.37. The molecular formula is C6H9IO3. The van der Waals surface area contributed by atoms with Crippen molar-refractivity contribution in [3.8, 4) is 0 Å². The lowest BCUT2D eigenvalue weighted by atomic mass is 10.2. The van der Waals surface area contributed by atoms with E-state index in [1.165, 1.54) is 0 Å². The number of alkyl halides is 1. The Balaban J connectivity index is 2.46. The molecule has 0 amide bonds. The minimum absolute atomic E-state index is 0.104. The molecule has 1 heterocycles. The van der Waals surface area contributed by atoms with E-state index in [0.29, 0.717) is 0 Å². The Hall–Kier alpha value is 0.160. The second-order valence-electron chi connectivity index (χ2n) is 2.34. The number of hydrogen-bond donors (Lipinski definition) is 0. The monoisotopic (exact) mass is 256 g/mol. The van der Waals surface area contributed by atoms with Crippen LogP contribution < -0.4 is 0 Å². The predicted molar refractivity (Wildman–Crippen MR) is 44.0 cm³/mol. The fourth-order valence-electron chi connectivity index (χ4n) is 0.806. The number of carbonyl (C=O) groups is 1. The molecule has 10 heavy (non-hydrogen) atoms. The smallest absolute Gasteiger partial charge is 0.334 e. The Labute approximate surface area is 73.2 Å². The fourth-order valence-corrected chi connectivity index (χ4v) is 1.79. The molecule has 1 atom stereocenters. The van der Waals surface area contributed by atoms with Crippen LogP contribution >= 0.6 is 22.6 Å². The van der Waals surface area contributed by atoms with Gasteiger partial charge in [0.25, 0.3) is 0 Å². The van der Waals surface area contributed by atoms with Gasteiger partial charge >= 0.3 is 5.97 Å². The molecule has 1 aliphatic rings. The van der Waals surface area contributed by atoms with Gasteiger partial charge in [-0.2, -0.15) is 0 Å². The first-order chi connectivity index (χ1) is 4.66. The van der Waals surface area contributed by atoms with E-state index in [0.717, 1.165) is 10.8 Å². The summed E-state index contributed by atoms with van der Waals surface area (Å²) >= 11 is 2.22. The summed E-state index contributed by atoms with van der Waals surface area (Å²) in [4.78, 5) is 10.6. The molecule has 0 aromatic carbocycles. The topological polar surface area (TPSA) is 35.5 Å². The summed E-state index contributed by atoms with van der Waals surface area (Å²) < 4.78 is 11.0. The van der Waals surface area contributed by atoms with E-state index in [2.05, 4.69) is 22.6 Å². The zero-order valence-corrected chi connectivity index (χ0v) is 7.88. The molecule has 0 spiro atoms. The van der Waals surface area contributed by atoms with Gasteiger partial charge in [-0.1, -0.05) is 22.6 Å². The van der Waals surface area contributed by atoms with Crippen molar-refractivity contribution in [1.82, 2.24) is 0 Å². The molecule has 58 valence electrons. The second-order valence-corrected chi connectivity index (χ2v) is 3.41. The maximum atomic E-state index is 10.6. The molecule has 0 aromatic heterocycles. The minimum atomic E-state index is -0.641. The standard InChI is InChI=1S/C6H9IO3/c1-6(2-3-7)9-4-5(8)10-6/h2-4H2,1H3. The molecule has 1 aliphatic heterocycles. The van der Waals surface area contributed by atoms with Crippen LogP contribution in [0.25, 0.3) is 0 Å². The zero-order valence-electron chi connectivity index (χ0n) is 5.72. The molecule has 0 radical (unpaired) electrons. The van der Waals surface area contributed by atoms with E-state index in [-0.39, 0.29) is 12.6 Å². The highest BCUT2D eigenvalue weighted by Gasteiger charge is 2.35. The number of cyclic esters (lactones) is 1. The van der Waals surface area contributed by atoms with Crippen molar-refractivity contribution < 1.29 is 14.3 Å². The quantitative estimate of drug-likeness (QED) is 0.421. The number of hydrogen-bond acceptors (Lipinski definition) is 3. The minimum Gasteiger partial charge on any atom is -0.432 e. The van der Waals surface area contributed by atoms with Gasteiger partial charge in [0.05, 0.1) is 0 Å². The Morgan fingerprint density at radius 3 is 2.90 bits per heavy atom. The van der Waals surface area contributed by atoms with Crippen molar-refractivity contribution in [1.29, 1.82) is 0 Å². The summed E-state index contributed by atoms with van der Waals surface area (Å²) in [5.74, 6) is -0.898. The molecular weight excluding hydrogens is 247 g/mol. The molecule has 1 fully saturated rings. The van der Waals surface area contributed by atoms with Gasteiger partial charge in [-0.05, 0) is 0 Å². The zero-order chi connectivity index (χ0) is 7.61. The summed E-state index contributed by atoms with van der Waals surface area (Å²) in [6, 6.07) is 0. The molecule has 0 saturated carbocycles. The summed E-state index contributed by atoms with van der Waals surface area (Å²) in [6.45, 7) is 1.89.